The van der Waals surface area contributed by atoms with E-state index in [9.17, 15) is 0 Å². The molecule has 1 heterocycles. The minimum atomic E-state index is 0.755. The van der Waals surface area contributed by atoms with Gasteiger partial charge < -0.3 is 5.73 Å². The van der Waals surface area contributed by atoms with Gasteiger partial charge in [-0.05, 0) is 12.1 Å². The van der Waals surface area contributed by atoms with Crippen molar-refractivity contribution < 1.29 is 0 Å². The molecule has 0 aliphatic heterocycles. The average Bonchev–Trinajstić information content (AvgIpc) is 2.75. The third-order valence-corrected chi connectivity index (χ3v) is 2.67. The number of hydrogen-bond acceptors (Lipinski definition) is 2. The second kappa shape index (κ2) is 3.38. The molecular weight excluding hydrogens is 198 g/mol. The molecule has 0 amide bonds. The predicted molar refractivity (Wildman–Crippen MR) is 65.9 cm³/mol. The normalized spacial score (nSPS) is 10.8. The van der Waals surface area contributed by atoms with E-state index in [0.717, 1.165) is 27.8 Å². The molecule has 3 aromatic rings. The van der Waals surface area contributed by atoms with Gasteiger partial charge in [-0.25, -0.2) is 0 Å². The monoisotopic (exact) mass is 209 g/mol. The van der Waals surface area contributed by atoms with Crippen LogP contribution in [0.3, 0.4) is 0 Å². The number of nitrogen functional groups attached to an aromatic ring is 1. The van der Waals surface area contributed by atoms with Gasteiger partial charge in [0.1, 0.15) is 5.69 Å². The van der Waals surface area contributed by atoms with Crippen LogP contribution in [0.5, 0.6) is 0 Å². The lowest BCUT2D eigenvalue weighted by Gasteiger charge is -1.99. The highest BCUT2D eigenvalue weighted by atomic mass is 15.1. The van der Waals surface area contributed by atoms with Gasteiger partial charge in [0.05, 0.1) is 10.9 Å². The number of rotatable bonds is 1. The Morgan fingerprint density at radius 3 is 2.56 bits per heavy atom. The second-order valence-electron chi connectivity index (χ2n) is 3.71. The summed E-state index contributed by atoms with van der Waals surface area (Å²) in [7, 11) is 0. The number of nitrogens with zero attached hydrogens (tertiary/aromatic N) is 1. The molecule has 0 bridgehead atoms. The van der Waals surface area contributed by atoms with E-state index >= 15 is 0 Å². The zero-order valence-corrected chi connectivity index (χ0v) is 8.64. The van der Waals surface area contributed by atoms with Crippen LogP contribution in [0.2, 0.25) is 0 Å². The Morgan fingerprint density at radius 1 is 0.938 bits per heavy atom. The van der Waals surface area contributed by atoms with Crippen LogP contribution in [0, 0.1) is 0 Å². The van der Waals surface area contributed by atoms with Crippen LogP contribution >= 0.6 is 0 Å². The molecule has 3 rings (SSSR count). The lowest BCUT2D eigenvalue weighted by atomic mass is 10.1. The topological polar surface area (TPSA) is 54.7 Å². The molecule has 0 radical (unpaired) electrons. The van der Waals surface area contributed by atoms with Crippen LogP contribution in [-0.2, 0) is 0 Å². The minimum Gasteiger partial charge on any atom is -0.398 e. The first-order chi connectivity index (χ1) is 7.86. The number of H-pyrrole nitrogens is 1. The first-order valence-electron chi connectivity index (χ1n) is 5.14. The maximum Gasteiger partial charge on any atom is 0.102 e. The first-order valence-corrected chi connectivity index (χ1v) is 5.14. The summed E-state index contributed by atoms with van der Waals surface area (Å²) in [4.78, 5) is 0. The summed E-state index contributed by atoms with van der Waals surface area (Å²) in [5.74, 6) is 0. The van der Waals surface area contributed by atoms with Crippen molar-refractivity contribution in [3.05, 3.63) is 48.5 Å². The van der Waals surface area contributed by atoms with Gasteiger partial charge in [0.15, 0.2) is 0 Å². The van der Waals surface area contributed by atoms with Crippen LogP contribution < -0.4 is 5.73 Å². The van der Waals surface area contributed by atoms with Crippen LogP contribution in [-0.4, -0.2) is 10.2 Å². The number of benzene rings is 2. The van der Waals surface area contributed by atoms with Crippen molar-refractivity contribution in [1.82, 2.24) is 10.2 Å². The largest absolute Gasteiger partial charge is 0.398 e. The van der Waals surface area contributed by atoms with E-state index in [1.54, 1.807) is 0 Å². The molecule has 0 spiro atoms. The Hall–Kier alpha value is -2.29. The molecule has 16 heavy (non-hydrogen) atoms. The molecule has 0 fully saturated rings. The predicted octanol–water partition coefficient (Wildman–Crippen LogP) is 2.81. The van der Waals surface area contributed by atoms with E-state index in [0.29, 0.717) is 0 Å². The molecule has 3 nitrogen and oxygen atoms in total. The van der Waals surface area contributed by atoms with Crippen molar-refractivity contribution in [2.75, 3.05) is 5.73 Å². The highest BCUT2D eigenvalue weighted by molar-refractivity contribution is 6.01. The molecule has 0 saturated carbocycles. The lowest BCUT2D eigenvalue weighted by molar-refractivity contribution is 1.12. The van der Waals surface area contributed by atoms with Crippen molar-refractivity contribution >= 4 is 16.6 Å². The van der Waals surface area contributed by atoms with E-state index in [4.69, 9.17) is 5.73 Å². The molecule has 3 N–H and O–H groups in total. The molecule has 0 atom stereocenters. The van der Waals surface area contributed by atoms with Gasteiger partial charge in [-0.1, -0.05) is 36.4 Å². The molecule has 78 valence electrons. The Bertz CT molecular complexity index is 626. The van der Waals surface area contributed by atoms with Crippen LogP contribution in [0.4, 0.5) is 5.69 Å². The summed E-state index contributed by atoms with van der Waals surface area (Å²) in [5.41, 5.74) is 9.69. The van der Waals surface area contributed by atoms with Crippen molar-refractivity contribution in [2.24, 2.45) is 0 Å². The van der Waals surface area contributed by atoms with Gasteiger partial charge in [0.25, 0.3) is 0 Å². The van der Waals surface area contributed by atoms with E-state index in [1.807, 2.05) is 48.5 Å². The standard InChI is InChI=1S/C13H11N3/c14-10-7-4-8-11-12(10)13(16-15-11)9-5-2-1-3-6-9/h1-8H,14H2,(H,15,16). The van der Waals surface area contributed by atoms with Crippen LogP contribution in [0.25, 0.3) is 22.2 Å². The summed E-state index contributed by atoms with van der Waals surface area (Å²) < 4.78 is 0. The zero-order valence-electron chi connectivity index (χ0n) is 8.64. The Labute approximate surface area is 92.9 Å². The summed E-state index contributed by atoms with van der Waals surface area (Å²) in [5, 5.41) is 8.31. The maximum atomic E-state index is 5.98. The number of anilines is 1. The van der Waals surface area contributed by atoms with E-state index < -0.39 is 0 Å². The van der Waals surface area contributed by atoms with Gasteiger partial charge in [-0.15, -0.1) is 0 Å². The lowest BCUT2D eigenvalue weighted by Crippen LogP contribution is -1.86. The molecule has 3 heteroatoms. The average molecular weight is 209 g/mol. The molecule has 0 aliphatic rings. The number of aromatic amines is 1. The van der Waals surface area contributed by atoms with Crippen LogP contribution in [0.1, 0.15) is 0 Å². The Morgan fingerprint density at radius 2 is 1.75 bits per heavy atom. The molecule has 0 saturated heterocycles. The zero-order chi connectivity index (χ0) is 11.0. The smallest absolute Gasteiger partial charge is 0.102 e. The minimum absolute atomic E-state index is 0.755. The fraction of sp³-hybridized carbons (Fsp3) is 0. The van der Waals surface area contributed by atoms with Crippen molar-refractivity contribution in [1.29, 1.82) is 0 Å². The van der Waals surface area contributed by atoms with Crippen molar-refractivity contribution in [2.45, 2.75) is 0 Å². The van der Waals surface area contributed by atoms with Crippen molar-refractivity contribution in [3.63, 3.8) is 0 Å². The molecule has 2 aromatic carbocycles. The molecular formula is C13H11N3. The number of nitrogens with one attached hydrogen (secondary N) is 1. The molecule has 0 unspecified atom stereocenters. The molecule has 0 aliphatic carbocycles. The quantitative estimate of drug-likeness (QED) is 0.605. The third kappa shape index (κ3) is 1.26. The third-order valence-electron chi connectivity index (χ3n) is 2.67. The number of nitrogens with two attached hydrogens (primary N) is 1. The van der Waals surface area contributed by atoms with Gasteiger partial charge in [-0.2, -0.15) is 5.10 Å². The summed E-state index contributed by atoms with van der Waals surface area (Å²) >= 11 is 0. The maximum absolute atomic E-state index is 5.98. The Balaban J connectivity index is 2.33. The van der Waals surface area contributed by atoms with Gasteiger partial charge in [-0.3, -0.25) is 5.10 Å². The fourth-order valence-electron chi connectivity index (χ4n) is 1.90. The van der Waals surface area contributed by atoms with Gasteiger partial charge in [0.2, 0.25) is 0 Å². The number of hydrogen-bond donors (Lipinski definition) is 2. The van der Waals surface area contributed by atoms with E-state index in [-0.39, 0.29) is 0 Å². The number of fused-ring (bicyclic) bond motifs is 1. The summed E-state index contributed by atoms with van der Waals surface area (Å²) in [6.45, 7) is 0. The first kappa shape index (κ1) is 8.97. The van der Waals surface area contributed by atoms with E-state index in [1.165, 1.54) is 0 Å². The van der Waals surface area contributed by atoms with Crippen molar-refractivity contribution in [3.8, 4) is 11.3 Å². The SMILES string of the molecule is Nc1cccc2[nH]nc(-c3ccccc3)c12. The van der Waals surface area contributed by atoms with Crippen LogP contribution in [0.15, 0.2) is 48.5 Å². The Kier molecular flexibility index (Phi) is 1.90. The fourth-order valence-corrected chi connectivity index (χ4v) is 1.90. The van der Waals surface area contributed by atoms with Gasteiger partial charge in [0, 0.05) is 11.3 Å². The highest BCUT2D eigenvalue weighted by Gasteiger charge is 2.09. The number of aromatic nitrogens is 2. The summed E-state index contributed by atoms with van der Waals surface area (Å²) in [6.07, 6.45) is 0. The summed E-state index contributed by atoms with van der Waals surface area (Å²) in [6, 6.07) is 15.8. The molecule has 1 aromatic heterocycles. The second-order valence-corrected chi connectivity index (χ2v) is 3.71. The van der Waals surface area contributed by atoms with Gasteiger partial charge >= 0.3 is 0 Å². The highest BCUT2D eigenvalue weighted by Crippen LogP contribution is 2.29. The van der Waals surface area contributed by atoms with E-state index in [2.05, 4.69) is 10.2 Å².